The van der Waals surface area contributed by atoms with Gasteiger partial charge in [-0.15, -0.1) is 11.3 Å². The van der Waals surface area contributed by atoms with Crippen molar-refractivity contribution in [2.45, 2.75) is 25.9 Å². The van der Waals surface area contributed by atoms with E-state index < -0.39 is 11.6 Å². The number of urea groups is 1. The van der Waals surface area contributed by atoms with E-state index in [1.807, 2.05) is 17.5 Å². The predicted octanol–water partition coefficient (Wildman–Crippen LogP) is 0.695. The van der Waals surface area contributed by atoms with Crippen molar-refractivity contribution in [3.05, 3.63) is 22.4 Å². The molecule has 0 saturated carbocycles. The van der Waals surface area contributed by atoms with Crippen LogP contribution in [0.2, 0.25) is 0 Å². The topological polar surface area (TPSA) is 78.5 Å². The van der Waals surface area contributed by atoms with Crippen LogP contribution in [-0.2, 0) is 16.1 Å². The van der Waals surface area contributed by atoms with Crippen LogP contribution in [-0.4, -0.2) is 34.8 Å². The Hall–Kier alpha value is -1.89. The molecule has 19 heavy (non-hydrogen) atoms. The second-order valence-corrected chi connectivity index (χ2v) is 5.83. The highest BCUT2D eigenvalue weighted by Gasteiger charge is 2.44. The van der Waals surface area contributed by atoms with Gasteiger partial charge in [-0.3, -0.25) is 14.5 Å². The molecule has 102 valence electrons. The van der Waals surface area contributed by atoms with Crippen LogP contribution in [0.3, 0.4) is 0 Å². The predicted molar refractivity (Wildman–Crippen MR) is 70.5 cm³/mol. The van der Waals surface area contributed by atoms with E-state index in [1.165, 1.54) is 11.3 Å². The highest BCUT2D eigenvalue weighted by Crippen LogP contribution is 2.16. The summed E-state index contributed by atoms with van der Waals surface area (Å²) in [5.74, 6) is -0.738. The maximum absolute atomic E-state index is 11.9. The summed E-state index contributed by atoms with van der Waals surface area (Å²) in [6, 6.07) is 3.27. The third-order valence-corrected chi connectivity index (χ3v) is 3.66. The second-order valence-electron chi connectivity index (χ2n) is 4.80. The van der Waals surface area contributed by atoms with Crippen LogP contribution >= 0.6 is 11.3 Å². The maximum atomic E-state index is 11.9. The molecule has 6 nitrogen and oxygen atoms in total. The van der Waals surface area contributed by atoms with Crippen LogP contribution in [0.5, 0.6) is 0 Å². The molecule has 0 aromatic carbocycles. The number of carbonyl (C=O) groups excluding carboxylic acids is 3. The number of amides is 4. The summed E-state index contributed by atoms with van der Waals surface area (Å²) in [6.07, 6.45) is 0. The number of hydrogen-bond acceptors (Lipinski definition) is 4. The Morgan fingerprint density at radius 1 is 1.47 bits per heavy atom. The van der Waals surface area contributed by atoms with E-state index in [2.05, 4.69) is 10.6 Å². The lowest BCUT2D eigenvalue weighted by molar-refractivity contribution is -0.134. The first-order chi connectivity index (χ1) is 8.90. The van der Waals surface area contributed by atoms with E-state index in [0.717, 1.165) is 9.78 Å². The Balaban J connectivity index is 1.89. The molecule has 0 unspecified atom stereocenters. The molecule has 0 radical (unpaired) electrons. The van der Waals surface area contributed by atoms with Gasteiger partial charge in [-0.2, -0.15) is 0 Å². The van der Waals surface area contributed by atoms with Crippen LogP contribution < -0.4 is 10.6 Å². The number of hydrogen-bond donors (Lipinski definition) is 2. The van der Waals surface area contributed by atoms with Crippen LogP contribution in [0, 0.1) is 0 Å². The highest BCUT2D eigenvalue weighted by molar-refractivity contribution is 7.09. The van der Waals surface area contributed by atoms with E-state index in [0.29, 0.717) is 6.54 Å². The number of nitrogens with zero attached hydrogens (tertiary/aromatic N) is 1. The molecule has 2 N–H and O–H groups in total. The van der Waals surface area contributed by atoms with Crippen molar-refractivity contribution in [3.8, 4) is 0 Å². The average molecular weight is 281 g/mol. The standard InChI is InChI=1S/C12H15N3O3S/c1-12(2)10(17)15(11(18)14-12)7-9(16)13-6-8-4-3-5-19-8/h3-5H,6-7H2,1-2H3,(H,13,16)(H,14,18). The normalized spacial score (nSPS) is 17.5. The van der Waals surface area contributed by atoms with Gasteiger partial charge >= 0.3 is 6.03 Å². The lowest BCUT2D eigenvalue weighted by atomic mass is 10.1. The molecular weight excluding hydrogens is 266 g/mol. The first-order valence-electron chi connectivity index (χ1n) is 5.83. The minimum absolute atomic E-state index is 0.251. The molecule has 1 fully saturated rings. The van der Waals surface area contributed by atoms with E-state index in [-0.39, 0.29) is 18.4 Å². The molecular formula is C12H15N3O3S. The van der Waals surface area contributed by atoms with Crippen molar-refractivity contribution < 1.29 is 14.4 Å². The molecule has 0 spiro atoms. The average Bonchev–Trinajstić information content (AvgIpc) is 2.90. The molecule has 0 bridgehead atoms. The van der Waals surface area contributed by atoms with Crippen molar-refractivity contribution in [1.82, 2.24) is 15.5 Å². The Bertz CT molecular complexity index is 510. The Kier molecular flexibility index (Phi) is 3.57. The molecule has 1 saturated heterocycles. The third kappa shape index (κ3) is 2.93. The fourth-order valence-electron chi connectivity index (χ4n) is 1.76. The summed E-state index contributed by atoms with van der Waals surface area (Å²) < 4.78 is 0. The maximum Gasteiger partial charge on any atom is 0.325 e. The molecule has 2 heterocycles. The fraction of sp³-hybridized carbons (Fsp3) is 0.417. The molecule has 7 heteroatoms. The van der Waals surface area contributed by atoms with E-state index in [9.17, 15) is 14.4 Å². The Labute approximate surface area is 114 Å². The second kappa shape index (κ2) is 5.00. The minimum atomic E-state index is -0.939. The van der Waals surface area contributed by atoms with Gasteiger partial charge in [0, 0.05) is 4.88 Å². The SMILES string of the molecule is CC1(C)NC(=O)N(CC(=O)NCc2cccs2)C1=O. The van der Waals surface area contributed by atoms with Gasteiger partial charge in [-0.05, 0) is 25.3 Å². The Morgan fingerprint density at radius 3 is 2.74 bits per heavy atom. The molecule has 4 amide bonds. The van der Waals surface area contributed by atoms with Gasteiger partial charge in [0.2, 0.25) is 5.91 Å². The zero-order valence-corrected chi connectivity index (χ0v) is 11.5. The quantitative estimate of drug-likeness (QED) is 0.797. The summed E-state index contributed by atoms with van der Waals surface area (Å²) in [5, 5.41) is 7.12. The van der Waals surface area contributed by atoms with E-state index in [4.69, 9.17) is 0 Å². The lowest BCUT2D eigenvalue weighted by Crippen LogP contribution is -2.42. The minimum Gasteiger partial charge on any atom is -0.350 e. The summed E-state index contributed by atoms with van der Waals surface area (Å²) in [7, 11) is 0. The molecule has 1 aromatic heterocycles. The van der Waals surface area contributed by atoms with Gasteiger partial charge in [0.1, 0.15) is 12.1 Å². The van der Waals surface area contributed by atoms with E-state index in [1.54, 1.807) is 13.8 Å². The molecule has 1 aromatic rings. The van der Waals surface area contributed by atoms with Gasteiger partial charge in [0.05, 0.1) is 6.54 Å². The van der Waals surface area contributed by atoms with Gasteiger partial charge in [0.25, 0.3) is 5.91 Å². The summed E-state index contributed by atoms with van der Waals surface area (Å²) in [6.45, 7) is 3.37. The van der Waals surface area contributed by atoms with E-state index >= 15 is 0 Å². The van der Waals surface area contributed by atoms with Crippen LogP contribution in [0.4, 0.5) is 4.79 Å². The van der Waals surface area contributed by atoms with Crippen molar-refractivity contribution in [3.63, 3.8) is 0 Å². The van der Waals surface area contributed by atoms with Gasteiger partial charge in [-0.25, -0.2) is 4.79 Å². The first-order valence-corrected chi connectivity index (χ1v) is 6.71. The van der Waals surface area contributed by atoms with Crippen molar-refractivity contribution >= 4 is 29.2 Å². The van der Waals surface area contributed by atoms with Crippen LogP contribution in [0.15, 0.2) is 17.5 Å². The molecule has 1 aliphatic heterocycles. The zero-order chi connectivity index (χ0) is 14.0. The number of thiophene rings is 1. The number of rotatable bonds is 4. The van der Waals surface area contributed by atoms with Crippen LogP contribution in [0.1, 0.15) is 18.7 Å². The first kappa shape index (κ1) is 13.5. The highest BCUT2D eigenvalue weighted by atomic mass is 32.1. The summed E-state index contributed by atoms with van der Waals surface area (Å²) in [4.78, 5) is 37.1. The summed E-state index contributed by atoms with van der Waals surface area (Å²) in [5.41, 5.74) is -0.939. The monoisotopic (exact) mass is 281 g/mol. The van der Waals surface area contributed by atoms with Crippen molar-refractivity contribution in [2.24, 2.45) is 0 Å². The fourth-order valence-corrected chi connectivity index (χ4v) is 2.40. The molecule has 2 rings (SSSR count). The smallest absolute Gasteiger partial charge is 0.325 e. The van der Waals surface area contributed by atoms with Crippen molar-refractivity contribution in [1.29, 1.82) is 0 Å². The zero-order valence-electron chi connectivity index (χ0n) is 10.7. The van der Waals surface area contributed by atoms with Crippen molar-refractivity contribution in [2.75, 3.05) is 6.54 Å². The summed E-state index contributed by atoms with van der Waals surface area (Å²) >= 11 is 1.53. The van der Waals surface area contributed by atoms with Gasteiger partial charge in [-0.1, -0.05) is 6.07 Å². The van der Waals surface area contributed by atoms with Crippen LogP contribution in [0.25, 0.3) is 0 Å². The van der Waals surface area contributed by atoms with Gasteiger partial charge < -0.3 is 10.6 Å². The largest absolute Gasteiger partial charge is 0.350 e. The molecule has 0 atom stereocenters. The number of imide groups is 1. The number of carbonyl (C=O) groups is 3. The van der Waals surface area contributed by atoms with Gasteiger partial charge in [0.15, 0.2) is 0 Å². The molecule has 1 aliphatic rings. The number of nitrogens with one attached hydrogen (secondary N) is 2. The lowest BCUT2D eigenvalue weighted by Gasteiger charge is -2.15. The molecule has 0 aliphatic carbocycles. The third-order valence-electron chi connectivity index (χ3n) is 2.79. The Morgan fingerprint density at radius 2 is 2.21 bits per heavy atom.